The molecular formula is C53H30N4OS. The highest BCUT2D eigenvalue weighted by Crippen LogP contribution is 2.43. The number of fused-ring (bicyclic) bond motifs is 12. The van der Waals surface area contributed by atoms with Gasteiger partial charge in [-0.2, -0.15) is 0 Å². The van der Waals surface area contributed by atoms with Gasteiger partial charge in [-0.3, -0.25) is 0 Å². The van der Waals surface area contributed by atoms with Crippen molar-refractivity contribution in [2.24, 2.45) is 0 Å². The second kappa shape index (κ2) is 12.4. The summed E-state index contributed by atoms with van der Waals surface area (Å²) in [6, 6.07) is 64.5. The molecular weight excluding hydrogens is 741 g/mol. The van der Waals surface area contributed by atoms with E-state index in [1.165, 1.54) is 52.8 Å². The van der Waals surface area contributed by atoms with Crippen LogP contribution >= 0.6 is 11.3 Å². The first kappa shape index (κ1) is 32.4. The number of benzene rings is 9. The van der Waals surface area contributed by atoms with Gasteiger partial charge in [0.15, 0.2) is 17.5 Å². The van der Waals surface area contributed by atoms with Gasteiger partial charge in [0, 0.05) is 58.5 Å². The van der Waals surface area contributed by atoms with Crippen molar-refractivity contribution < 1.29 is 4.42 Å². The zero-order valence-corrected chi connectivity index (χ0v) is 32.2. The maximum absolute atomic E-state index is 6.84. The number of aromatic nitrogens is 4. The minimum atomic E-state index is 0.564. The van der Waals surface area contributed by atoms with Crippen LogP contribution < -0.4 is 0 Å². The average Bonchev–Trinajstić information content (AvgIpc) is 3.97. The summed E-state index contributed by atoms with van der Waals surface area (Å²) in [7, 11) is 0. The lowest BCUT2D eigenvalue weighted by atomic mass is 9.99. The quantitative estimate of drug-likeness (QED) is 0.179. The van der Waals surface area contributed by atoms with Crippen molar-refractivity contribution in [3.8, 4) is 39.9 Å². The molecule has 0 fully saturated rings. The summed E-state index contributed by atoms with van der Waals surface area (Å²) in [5.74, 6) is 1.79. The van der Waals surface area contributed by atoms with Gasteiger partial charge in [0.05, 0.1) is 16.6 Å². The van der Waals surface area contributed by atoms with Gasteiger partial charge in [0.1, 0.15) is 11.2 Å². The molecule has 6 heteroatoms. The highest BCUT2D eigenvalue weighted by Gasteiger charge is 2.22. The summed E-state index contributed by atoms with van der Waals surface area (Å²) in [6.07, 6.45) is 0. The topological polar surface area (TPSA) is 56.7 Å². The molecule has 0 aliphatic carbocycles. The fourth-order valence-electron chi connectivity index (χ4n) is 9.06. The third-order valence-corrected chi connectivity index (χ3v) is 12.9. The normalized spacial score (nSPS) is 12.1. The molecule has 59 heavy (non-hydrogen) atoms. The van der Waals surface area contributed by atoms with Gasteiger partial charge in [0.25, 0.3) is 0 Å². The molecule has 0 spiro atoms. The summed E-state index contributed by atoms with van der Waals surface area (Å²) >= 11 is 1.79. The van der Waals surface area contributed by atoms with Crippen LogP contribution in [-0.2, 0) is 0 Å². The van der Waals surface area contributed by atoms with Gasteiger partial charge < -0.3 is 8.98 Å². The molecule has 0 amide bonds. The monoisotopic (exact) mass is 770 g/mol. The molecule has 13 rings (SSSR count). The van der Waals surface area contributed by atoms with Gasteiger partial charge in [-0.1, -0.05) is 127 Å². The Bertz CT molecular complexity index is 3860. The standard InChI is InChI=1S/C53H30N4OS/c1-2-12-31(13-3-1)51-54-52(35-23-25-39-38-17-8-11-21-47(38)59-48(39)29-35)56-53(55-51)43-27-34-22-24-36(30-41(34)49-40-18-7-10-20-46(40)58-50(43)49)57-44-19-9-6-16-37(44)42-26-32-14-4-5-15-33(32)28-45(42)57/h1-30H. The van der Waals surface area contributed by atoms with Crippen LogP contribution in [0.2, 0.25) is 0 Å². The lowest BCUT2D eigenvalue weighted by Gasteiger charge is -2.13. The predicted octanol–water partition coefficient (Wildman–Crippen LogP) is 14.5. The van der Waals surface area contributed by atoms with Gasteiger partial charge in [-0.05, 0) is 76.1 Å². The van der Waals surface area contributed by atoms with Gasteiger partial charge in [-0.15, -0.1) is 11.3 Å². The van der Waals surface area contributed by atoms with Crippen LogP contribution in [0.25, 0.3) is 125 Å². The Hall–Kier alpha value is -7.67. The maximum atomic E-state index is 6.84. The van der Waals surface area contributed by atoms with E-state index in [4.69, 9.17) is 19.4 Å². The van der Waals surface area contributed by atoms with E-state index in [-0.39, 0.29) is 0 Å². The van der Waals surface area contributed by atoms with Crippen molar-refractivity contribution in [2.75, 3.05) is 0 Å². The molecule has 0 saturated heterocycles. The van der Waals surface area contributed by atoms with Crippen LogP contribution in [0.4, 0.5) is 0 Å². The van der Waals surface area contributed by atoms with E-state index in [1.54, 1.807) is 11.3 Å². The molecule has 5 nitrogen and oxygen atoms in total. The van der Waals surface area contributed by atoms with E-state index >= 15 is 0 Å². The van der Waals surface area contributed by atoms with E-state index in [0.29, 0.717) is 17.5 Å². The first-order valence-electron chi connectivity index (χ1n) is 19.8. The maximum Gasteiger partial charge on any atom is 0.167 e. The second-order valence-corrected chi connectivity index (χ2v) is 16.3. The van der Waals surface area contributed by atoms with Crippen molar-refractivity contribution in [3.05, 3.63) is 182 Å². The zero-order chi connectivity index (χ0) is 38.6. The summed E-state index contributed by atoms with van der Waals surface area (Å²) in [5, 5.41) is 11.7. The van der Waals surface area contributed by atoms with Crippen LogP contribution in [0, 0.1) is 0 Å². The number of rotatable bonds is 4. The minimum absolute atomic E-state index is 0.564. The molecule has 4 aromatic heterocycles. The average molecular weight is 771 g/mol. The largest absolute Gasteiger partial charge is 0.455 e. The molecule has 0 N–H and O–H groups in total. The minimum Gasteiger partial charge on any atom is -0.455 e. The molecule has 0 atom stereocenters. The van der Waals surface area contributed by atoms with Crippen molar-refractivity contribution in [3.63, 3.8) is 0 Å². The van der Waals surface area contributed by atoms with E-state index in [0.717, 1.165) is 55.1 Å². The SMILES string of the molecule is c1ccc(-c2nc(-c3ccc4c(c3)sc3ccccc34)nc(-c3cc4ccc(-n5c6ccccc6c6cc7ccccc7cc65)cc4c4c3oc3ccccc34)n2)cc1. The molecule has 4 heterocycles. The van der Waals surface area contributed by atoms with Crippen molar-refractivity contribution >= 4 is 96.8 Å². The third kappa shape index (κ3) is 4.94. The van der Waals surface area contributed by atoms with Gasteiger partial charge >= 0.3 is 0 Å². The number of nitrogens with zero attached hydrogens (tertiary/aromatic N) is 4. The summed E-state index contributed by atoms with van der Waals surface area (Å²) in [4.78, 5) is 15.6. The Morgan fingerprint density at radius 1 is 0.407 bits per heavy atom. The molecule has 274 valence electrons. The fraction of sp³-hybridized carbons (Fsp3) is 0. The van der Waals surface area contributed by atoms with Crippen LogP contribution in [0.1, 0.15) is 0 Å². The highest BCUT2D eigenvalue weighted by molar-refractivity contribution is 7.25. The van der Waals surface area contributed by atoms with Crippen LogP contribution in [0.3, 0.4) is 0 Å². The summed E-state index contributed by atoms with van der Waals surface area (Å²) in [6.45, 7) is 0. The fourth-order valence-corrected chi connectivity index (χ4v) is 10.2. The van der Waals surface area contributed by atoms with Crippen LogP contribution in [-0.4, -0.2) is 19.5 Å². The van der Waals surface area contributed by atoms with E-state index in [2.05, 4.69) is 144 Å². The molecule has 0 radical (unpaired) electrons. The number of furan rings is 1. The molecule has 0 unspecified atom stereocenters. The number of hydrogen-bond donors (Lipinski definition) is 0. The van der Waals surface area contributed by atoms with Gasteiger partial charge in [-0.25, -0.2) is 15.0 Å². The van der Waals surface area contributed by atoms with Crippen molar-refractivity contribution in [1.29, 1.82) is 0 Å². The molecule has 0 bridgehead atoms. The first-order valence-corrected chi connectivity index (χ1v) is 20.6. The van der Waals surface area contributed by atoms with Crippen molar-refractivity contribution in [1.82, 2.24) is 19.5 Å². The molecule has 0 aliphatic rings. The summed E-state index contributed by atoms with van der Waals surface area (Å²) in [5.41, 5.74) is 7.68. The lowest BCUT2D eigenvalue weighted by Crippen LogP contribution is -2.00. The third-order valence-electron chi connectivity index (χ3n) is 11.8. The van der Waals surface area contributed by atoms with E-state index in [9.17, 15) is 0 Å². The smallest absolute Gasteiger partial charge is 0.167 e. The molecule has 0 aliphatic heterocycles. The predicted molar refractivity (Wildman–Crippen MR) is 246 cm³/mol. The number of para-hydroxylation sites is 2. The first-order chi connectivity index (χ1) is 29.2. The Balaban J connectivity index is 1.06. The zero-order valence-electron chi connectivity index (χ0n) is 31.4. The number of hydrogen-bond acceptors (Lipinski definition) is 5. The van der Waals surface area contributed by atoms with Crippen molar-refractivity contribution in [2.45, 2.75) is 0 Å². The Morgan fingerprint density at radius 2 is 1.10 bits per heavy atom. The Morgan fingerprint density at radius 3 is 1.98 bits per heavy atom. The number of thiophene rings is 1. The van der Waals surface area contributed by atoms with E-state index < -0.39 is 0 Å². The summed E-state index contributed by atoms with van der Waals surface area (Å²) < 4.78 is 11.7. The highest BCUT2D eigenvalue weighted by atomic mass is 32.1. The van der Waals surface area contributed by atoms with E-state index in [1.807, 2.05) is 42.5 Å². The molecule has 0 saturated carbocycles. The lowest BCUT2D eigenvalue weighted by molar-refractivity contribution is 0.670. The second-order valence-electron chi connectivity index (χ2n) is 15.2. The molecule has 9 aromatic carbocycles. The van der Waals surface area contributed by atoms with Crippen LogP contribution in [0.15, 0.2) is 186 Å². The Labute approximate surface area is 341 Å². The van der Waals surface area contributed by atoms with Gasteiger partial charge in [0.2, 0.25) is 0 Å². The van der Waals surface area contributed by atoms with Crippen LogP contribution in [0.5, 0.6) is 0 Å². The Kier molecular flexibility index (Phi) is 6.82. The molecule has 13 aromatic rings.